The molecule has 2 N–H and O–H groups in total. The molecule has 190 valence electrons. The quantitative estimate of drug-likeness (QED) is 0.452. The summed E-state index contributed by atoms with van der Waals surface area (Å²) in [5.74, 6) is 0.602. The number of rotatable bonds is 4. The number of carbonyl (C=O) groups is 1. The molecule has 0 aromatic carbocycles. The van der Waals surface area contributed by atoms with E-state index in [0.717, 1.165) is 12.3 Å². The summed E-state index contributed by atoms with van der Waals surface area (Å²) in [5.41, 5.74) is 1.76. The Bertz CT molecular complexity index is 789. The van der Waals surface area contributed by atoms with E-state index in [1.165, 1.54) is 57.8 Å². The molecule has 0 saturated heterocycles. The maximum absolute atomic E-state index is 11.7. The van der Waals surface area contributed by atoms with Gasteiger partial charge >= 0.3 is 5.97 Å². The monoisotopic (exact) mass is 460 g/mol. The van der Waals surface area contributed by atoms with Crippen molar-refractivity contribution < 1.29 is 15.0 Å². The summed E-state index contributed by atoms with van der Waals surface area (Å²) >= 11 is 0. The molecule has 0 heterocycles. The molecule has 4 fully saturated rings. The molecule has 4 saturated carbocycles. The zero-order valence-corrected chi connectivity index (χ0v) is 22.9. The summed E-state index contributed by atoms with van der Waals surface area (Å²) in [6, 6.07) is 0. The Hall–Kier alpha value is -0.570. The minimum atomic E-state index is -1.24. The van der Waals surface area contributed by atoms with E-state index in [-0.39, 0.29) is 16.7 Å². The fourth-order valence-electron chi connectivity index (χ4n) is 10.5. The smallest absolute Gasteiger partial charge is 0.332 e. The van der Waals surface area contributed by atoms with E-state index in [4.69, 9.17) is 0 Å². The SMILES string of the molecule is CC[C@@]1(C)CC[C@H]2[C@@](C)(CC[C@@]3(C)[C@@H]4CC(C)(C)CC[C@]4(C)CC[C@]23C)[C@@H]1C[C@H](O)C(=O)O. The predicted octanol–water partition coefficient (Wildman–Crippen LogP) is 7.70. The van der Waals surface area contributed by atoms with E-state index < -0.39 is 12.1 Å². The van der Waals surface area contributed by atoms with Gasteiger partial charge in [-0.05, 0) is 114 Å². The van der Waals surface area contributed by atoms with Gasteiger partial charge in [0.1, 0.15) is 0 Å². The molecule has 0 aromatic heterocycles. The third-order valence-electron chi connectivity index (χ3n) is 13.2. The normalized spacial score (nSPS) is 52.2. The second kappa shape index (κ2) is 7.71. The molecule has 0 unspecified atom stereocenters. The third kappa shape index (κ3) is 3.56. The zero-order valence-electron chi connectivity index (χ0n) is 22.9. The molecule has 3 heteroatoms. The Morgan fingerprint density at radius 2 is 1.42 bits per heavy atom. The number of fused-ring (bicyclic) bond motifs is 5. The van der Waals surface area contributed by atoms with Crippen LogP contribution < -0.4 is 0 Å². The lowest BCUT2D eigenvalue weighted by atomic mass is 9.31. The van der Waals surface area contributed by atoms with E-state index in [1.54, 1.807) is 0 Å². The van der Waals surface area contributed by atoms with Crippen molar-refractivity contribution in [2.45, 2.75) is 132 Å². The van der Waals surface area contributed by atoms with Gasteiger partial charge in [-0.1, -0.05) is 61.8 Å². The number of hydrogen-bond donors (Lipinski definition) is 2. The number of aliphatic hydroxyl groups excluding tert-OH is 1. The van der Waals surface area contributed by atoms with Crippen LogP contribution in [0.1, 0.15) is 126 Å². The number of carboxylic acids is 1. The maximum atomic E-state index is 11.7. The highest BCUT2D eigenvalue weighted by Gasteiger charge is 2.69. The van der Waals surface area contributed by atoms with Crippen LogP contribution in [0, 0.1) is 50.2 Å². The third-order valence-corrected chi connectivity index (χ3v) is 13.2. The summed E-state index contributed by atoms with van der Waals surface area (Å²) in [6.45, 7) is 20.0. The topological polar surface area (TPSA) is 57.5 Å². The fourth-order valence-corrected chi connectivity index (χ4v) is 10.5. The first-order valence-electron chi connectivity index (χ1n) is 14.0. The van der Waals surface area contributed by atoms with Crippen molar-refractivity contribution >= 4 is 5.97 Å². The van der Waals surface area contributed by atoms with Crippen molar-refractivity contribution in [2.75, 3.05) is 0 Å². The molecule has 0 spiro atoms. The van der Waals surface area contributed by atoms with Gasteiger partial charge < -0.3 is 10.2 Å². The van der Waals surface area contributed by atoms with Crippen molar-refractivity contribution in [3.8, 4) is 0 Å². The first kappa shape index (κ1) is 25.5. The molecule has 0 radical (unpaired) electrons. The molecule has 4 rings (SSSR count). The van der Waals surface area contributed by atoms with Gasteiger partial charge in [0, 0.05) is 0 Å². The van der Waals surface area contributed by atoms with E-state index in [0.29, 0.717) is 34.0 Å². The van der Waals surface area contributed by atoms with Crippen LogP contribution in [0.25, 0.3) is 0 Å². The van der Waals surface area contributed by atoms with E-state index in [2.05, 4.69) is 55.4 Å². The summed E-state index contributed by atoms with van der Waals surface area (Å²) in [7, 11) is 0. The lowest BCUT2D eigenvalue weighted by molar-refractivity contribution is -0.253. The van der Waals surface area contributed by atoms with Gasteiger partial charge in [0.15, 0.2) is 6.10 Å². The second-order valence-electron chi connectivity index (χ2n) is 15.2. The second-order valence-corrected chi connectivity index (χ2v) is 15.2. The largest absolute Gasteiger partial charge is 0.479 e. The Labute approximate surface area is 203 Å². The van der Waals surface area contributed by atoms with Crippen LogP contribution in [0.4, 0.5) is 0 Å². The van der Waals surface area contributed by atoms with Gasteiger partial charge in [0.2, 0.25) is 0 Å². The van der Waals surface area contributed by atoms with Crippen LogP contribution in [0.2, 0.25) is 0 Å². The average molecular weight is 461 g/mol. The van der Waals surface area contributed by atoms with Crippen molar-refractivity contribution in [2.24, 2.45) is 50.2 Å². The minimum Gasteiger partial charge on any atom is -0.479 e. The van der Waals surface area contributed by atoms with E-state index in [9.17, 15) is 15.0 Å². The Morgan fingerprint density at radius 1 is 0.848 bits per heavy atom. The standard InChI is InChI=1S/C30H52O3/c1-9-26(4)11-10-21-28(6,22(26)18-20(31)24(32)33)15-17-30(8)23-19-25(2,3)12-13-27(23,5)14-16-29(21,30)7/h20-23,31H,9-19H2,1-8H3,(H,32,33)/t20-,21-,22+,23+,26-,27+,28+,29+,30-/m0/s1. The minimum absolute atomic E-state index is 0.103. The lowest BCUT2D eigenvalue weighted by Gasteiger charge is -2.74. The lowest BCUT2D eigenvalue weighted by Crippen LogP contribution is -2.66. The highest BCUT2D eigenvalue weighted by Crippen LogP contribution is 2.77. The van der Waals surface area contributed by atoms with Gasteiger partial charge in [-0.25, -0.2) is 4.79 Å². The van der Waals surface area contributed by atoms with E-state index in [1.807, 2.05) is 0 Å². The number of carboxylic acid groups (broad SMARTS) is 1. The first-order valence-corrected chi connectivity index (χ1v) is 14.0. The molecule has 4 aliphatic carbocycles. The molecule has 4 aliphatic rings. The summed E-state index contributed by atoms with van der Waals surface area (Å²) < 4.78 is 0. The van der Waals surface area contributed by atoms with Crippen molar-refractivity contribution in [3.63, 3.8) is 0 Å². The van der Waals surface area contributed by atoms with Gasteiger partial charge in [0.05, 0.1) is 0 Å². The van der Waals surface area contributed by atoms with Gasteiger partial charge in [-0.3, -0.25) is 0 Å². The molecule has 0 amide bonds. The predicted molar refractivity (Wildman–Crippen MR) is 135 cm³/mol. The molecule has 33 heavy (non-hydrogen) atoms. The molecule has 0 aliphatic heterocycles. The van der Waals surface area contributed by atoms with Crippen LogP contribution in [-0.2, 0) is 4.79 Å². The molecular weight excluding hydrogens is 408 g/mol. The number of aliphatic hydroxyl groups is 1. The van der Waals surface area contributed by atoms with Gasteiger partial charge in [0.25, 0.3) is 0 Å². The molecule has 3 nitrogen and oxygen atoms in total. The van der Waals surface area contributed by atoms with Crippen LogP contribution in [-0.4, -0.2) is 22.3 Å². The molecule has 0 aromatic rings. The van der Waals surface area contributed by atoms with Crippen LogP contribution >= 0.6 is 0 Å². The Morgan fingerprint density at radius 3 is 2.03 bits per heavy atom. The van der Waals surface area contributed by atoms with E-state index >= 15 is 0 Å². The van der Waals surface area contributed by atoms with Crippen LogP contribution in [0.5, 0.6) is 0 Å². The van der Waals surface area contributed by atoms with Crippen LogP contribution in [0.3, 0.4) is 0 Å². The Kier molecular flexibility index (Phi) is 5.96. The summed E-state index contributed by atoms with van der Waals surface area (Å²) in [5, 5.41) is 20.1. The van der Waals surface area contributed by atoms with Crippen molar-refractivity contribution in [3.05, 3.63) is 0 Å². The molecule has 9 atom stereocenters. The fraction of sp³-hybridized carbons (Fsp3) is 0.967. The summed E-state index contributed by atoms with van der Waals surface area (Å²) in [4.78, 5) is 11.7. The molecule has 0 bridgehead atoms. The van der Waals surface area contributed by atoms with Crippen molar-refractivity contribution in [1.82, 2.24) is 0 Å². The van der Waals surface area contributed by atoms with Crippen LogP contribution in [0.15, 0.2) is 0 Å². The van der Waals surface area contributed by atoms with Gasteiger partial charge in [-0.2, -0.15) is 0 Å². The number of aliphatic carboxylic acids is 1. The zero-order chi connectivity index (χ0) is 24.7. The first-order chi connectivity index (χ1) is 15.1. The maximum Gasteiger partial charge on any atom is 0.332 e. The number of hydrogen-bond acceptors (Lipinski definition) is 2. The summed E-state index contributed by atoms with van der Waals surface area (Å²) in [6.07, 6.45) is 11.8. The van der Waals surface area contributed by atoms with Gasteiger partial charge in [-0.15, -0.1) is 0 Å². The Balaban J connectivity index is 1.75. The highest BCUT2D eigenvalue weighted by molar-refractivity contribution is 5.71. The highest BCUT2D eigenvalue weighted by atomic mass is 16.4. The average Bonchev–Trinajstić information content (AvgIpc) is 2.73. The van der Waals surface area contributed by atoms with Crippen molar-refractivity contribution in [1.29, 1.82) is 0 Å². The molecular formula is C30H52O3.